The fourth-order valence-electron chi connectivity index (χ4n) is 3.03. The van der Waals surface area contributed by atoms with Gasteiger partial charge in [-0.3, -0.25) is 9.36 Å². The van der Waals surface area contributed by atoms with Crippen LogP contribution in [0.1, 0.15) is 12.5 Å². The molecule has 8 heteroatoms. The molecular weight excluding hydrogens is 412 g/mol. The summed E-state index contributed by atoms with van der Waals surface area (Å²) in [6, 6.07) is 13.4. The maximum Gasteiger partial charge on any atom is 0.234 e. The molecular formula is C23H26N4O3S. The minimum absolute atomic E-state index is 0.102. The Hall–Kier alpha value is -3.26. The quantitative estimate of drug-likeness (QED) is 0.372. The molecule has 0 fully saturated rings. The molecule has 1 N–H and O–H groups in total. The lowest BCUT2D eigenvalue weighted by Gasteiger charge is -2.11. The number of carbonyl (C=O) groups excluding carboxylic acids is 1. The van der Waals surface area contributed by atoms with E-state index in [9.17, 15) is 4.79 Å². The van der Waals surface area contributed by atoms with E-state index in [0.717, 1.165) is 17.7 Å². The third-order valence-corrected chi connectivity index (χ3v) is 5.62. The number of aromatic nitrogens is 3. The van der Waals surface area contributed by atoms with Gasteiger partial charge in [-0.05, 0) is 42.3 Å². The number of amides is 1. The number of ether oxygens (including phenoxy) is 2. The number of nitrogens with zero attached hydrogens (tertiary/aromatic N) is 3. The second-order valence-electron chi connectivity index (χ2n) is 6.66. The number of methoxy groups -OCH3 is 2. The Kier molecular flexibility index (Phi) is 7.72. The molecule has 3 rings (SSSR count). The zero-order chi connectivity index (χ0) is 22.2. The summed E-state index contributed by atoms with van der Waals surface area (Å²) in [6.07, 6.45) is 2.73. The molecule has 0 saturated carbocycles. The van der Waals surface area contributed by atoms with Gasteiger partial charge in [0.2, 0.25) is 5.91 Å². The number of rotatable bonds is 10. The zero-order valence-electron chi connectivity index (χ0n) is 17.9. The van der Waals surface area contributed by atoms with E-state index < -0.39 is 0 Å². The van der Waals surface area contributed by atoms with Gasteiger partial charge < -0.3 is 14.8 Å². The molecule has 0 saturated heterocycles. The van der Waals surface area contributed by atoms with Crippen molar-refractivity contribution in [3.8, 4) is 22.9 Å². The monoisotopic (exact) mass is 438 g/mol. The molecule has 3 aromatic rings. The van der Waals surface area contributed by atoms with E-state index in [1.165, 1.54) is 17.3 Å². The van der Waals surface area contributed by atoms with Crippen LogP contribution in [0, 0.1) is 0 Å². The molecule has 0 aliphatic carbocycles. The Bertz CT molecular complexity index is 1050. The van der Waals surface area contributed by atoms with Gasteiger partial charge in [0.1, 0.15) is 0 Å². The Labute approximate surface area is 186 Å². The van der Waals surface area contributed by atoms with Gasteiger partial charge in [-0.15, -0.1) is 16.8 Å². The lowest BCUT2D eigenvalue weighted by Crippen LogP contribution is -2.14. The first-order valence-corrected chi connectivity index (χ1v) is 10.9. The van der Waals surface area contributed by atoms with E-state index in [1.54, 1.807) is 20.3 Å². The largest absolute Gasteiger partial charge is 0.493 e. The fraction of sp³-hybridized carbons (Fsp3) is 0.261. The van der Waals surface area contributed by atoms with Crippen molar-refractivity contribution < 1.29 is 14.3 Å². The number of thioether (sulfide) groups is 1. The summed E-state index contributed by atoms with van der Waals surface area (Å²) < 4.78 is 12.6. The Balaban J connectivity index is 1.74. The third kappa shape index (κ3) is 5.46. The van der Waals surface area contributed by atoms with Crippen LogP contribution in [-0.4, -0.2) is 40.6 Å². The van der Waals surface area contributed by atoms with Crippen molar-refractivity contribution in [1.82, 2.24) is 14.8 Å². The van der Waals surface area contributed by atoms with Crippen molar-refractivity contribution in [3.05, 3.63) is 60.7 Å². The molecule has 162 valence electrons. The highest BCUT2D eigenvalue weighted by Crippen LogP contribution is 2.33. The maximum atomic E-state index is 12.4. The van der Waals surface area contributed by atoms with Crippen molar-refractivity contribution in [2.24, 2.45) is 0 Å². The molecule has 0 bridgehead atoms. The van der Waals surface area contributed by atoms with Crippen LogP contribution in [0.15, 0.2) is 60.3 Å². The number of hydrogen-bond donors (Lipinski definition) is 1. The average molecular weight is 439 g/mol. The maximum absolute atomic E-state index is 12.4. The zero-order valence-corrected chi connectivity index (χ0v) is 18.7. The summed E-state index contributed by atoms with van der Waals surface area (Å²) in [5, 5.41) is 12.2. The molecule has 2 aromatic carbocycles. The molecule has 0 radical (unpaired) electrons. The number of aryl methyl sites for hydroxylation is 1. The van der Waals surface area contributed by atoms with Crippen LogP contribution in [0.25, 0.3) is 11.4 Å². The predicted molar refractivity (Wildman–Crippen MR) is 124 cm³/mol. The summed E-state index contributed by atoms with van der Waals surface area (Å²) in [7, 11) is 3.18. The SMILES string of the molecule is C=CCn1c(SCC(=O)Nc2ccc(CC)cc2)nnc1-c1ccc(OC)c(OC)c1. The van der Waals surface area contributed by atoms with Gasteiger partial charge >= 0.3 is 0 Å². The number of benzene rings is 2. The normalized spacial score (nSPS) is 10.5. The Morgan fingerprint density at radius 3 is 2.52 bits per heavy atom. The van der Waals surface area contributed by atoms with E-state index in [1.807, 2.05) is 47.0 Å². The topological polar surface area (TPSA) is 78.3 Å². The van der Waals surface area contributed by atoms with Crippen LogP contribution in [0.3, 0.4) is 0 Å². The van der Waals surface area contributed by atoms with Gasteiger partial charge in [0.25, 0.3) is 0 Å². The van der Waals surface area contributed by atoms with Crippen LogP contribution in [0.2, 0.25) is 0 Å². The van der Waals surface area contributed by atoms with E-state index in [-0.39, 0.29) is 11.7 Å². The molecule has 0 unspecified atom stereocenters. The van der Waals surface area contributed by atoms with E-state index in [4.69, 9.17) is 9.47 Å². The lowest BCUT2D eigenvalue weighted by atomic mass is 10.1. The van der Waals surface area contributed by atoms with E-state index >= 15 is 0 Å². The number of hydrogen-bond acceptors (Lipinski definition) is 6. The highest BCUT2D eigenvalue weighted by molar-refractivity contribution is 7.99. The first-order valence-electron chi connectivity index (χ1n) is 9.87. The summed E-state index contributed by atoms with van der Waals surface area (Å²) in [6.45, 7) is 6.44. The van der Waals surface area contributed by atoms with Crippen molar-refractivity contribution in [1.29, 1.82) is 0 Å². The molecule has 1 amide bonds. The molecule has 31 heavy (non-hydrogen) atoms. The van der Waals surface area contributed by atoms with E-state index in [2.05, 4.69) is 29.0 Å². The first-order chi connectivity index (χ1) is 15.1. The standard InChI is InChI=1S/C23H26N4O3S/c1-5-13-27-22(17-9-12-19(29-3)20(14-17)30-4)25-26-23(27)31-15-21(28)24-18-10-7-16(6-2)8-11-18/h5,7-12,14H,1,6,13,15H2,2-4H3,(H,24,28). The van der Waals surface area contributed by atoms with Gasteiger partial charge in [-0.2, -0.15) is 0 Å². The fourth-order valence-corrected chi connectivity index (χ4v) is 3.78. The summed E-state index contributed by atoms with van der Waals surface area (Å²) >= 11 is 1.33. The first kappa shape index (κ1) is 22.4. The minimum Gasteiger partial charge on any atom is -0.493 e. The minimum atomic E-state index is -0.102. The second kappa shape index (κ2) is 10.7. The molecule has 0 spiro atoms. The van der Waals surface area contributed by atoms with Gasteiger partial charge in [0.05, 0.1) is 20.0 Å². The number of carbonyl (C=O) groups is 1. The smallest absolute Gasteiger partial charge is 0.234 e. The molecule has 7 nitrogen and oxygen atoms in total. The van der Waals surface area contributed by atoms with Crippen molar-refractivity contribution in [3.63, 3.8) is 0 Å². The highest BCUT2D eigenvalue weighted by Gasteiger charge is 2.17. The Morgan fingerprint density at radius 2 is 1.87 bits per heavy atom. The van der Waals surface area contributed by atoms with Crippen molar-refractivity contribution in [2.75, 3.05) is 25.3 Å². The van der Waals surface area contributed by atoms with Crippen molar-refractivity contribution in [2.45, 2.75) is 25.0 Å². The number of allylic oxidation sites excluding steroid dienone is 1. The predicted octanol–water partition coefficient (Wildman–Crippen LogP) is 4.44. The molecule has 0 aliphatic rings. The summed E-state index contributed by atoms with van der Waals surface area (Å²) in [5.41, 5.74) is 2.84. The van der Waals surface area contributed by atoms with Gasteiger partial charge in [-0.1, -0.05) is 36.9 Å². The third-order valence-electron chi connectivity index (χ3n) is 4.65. The van der Waals surface area contributed by atoms with Crippen molar-refractivity contribution >= 4 is 23.4 Å². The van der Waals surface area contributed by atoms with Crippen LogP contribution >= 0.6 is 11.8 Å². The van der Waals surface area contributed by atoms with Crippen LogP contribution in [0.5, 0.6) is 11.5 Å². The van der Waals surface area contributed by atoms with Gasteiger partial charge in [0, 0.05) is 17.8 Å². The summed E-state index contributed by atoms with van der Waals surface area (Å²) in [5.74, 6) is 2.03. The second-order valence-corrected chi connectivity index (χ2v) is 7.61. The molecule has 0 atom stereocenters. The Morgan fingerprint density at radius 1 is 1.13 bits per heavy atom. The van der Waals surface area contributed by atoms with Gasteiger partial charge in [-0.25, -0.2) is 0 Å². The number of anilines is 1. The molecule has 0 aliphatic heterocycles. The van der Waals surface area contributed by atoms with Crippen LogP contribution < -0.4 is 14.8 Å². The lowest BCUT2D eigenvalue weighted by molar-refractivity contribution is -0.113. The van der Waals surface area contributed by atoms with Crippen LogP contribution in [-0.2, 0) is 17.8 Å². The molecule has 1 aromatic heterocycles. The summed E-state index contributed by atoms with van der Waals surface area (Å²) in [4.78, 5) is 12.4. The molecule has 1 heterocycles. The number of nitrogens with one attached hydrogen (secondary N) is 1. The van der Waals surface area contributed by atoms with E-state index in [0.29, 0.717) is 29.0 Å². The van der Waals surface area contributed by atoms with Gasteiger partial charge in [0.15, 0.2) is 22.5 Å². The van der Waals surface area contributed by atoms with Crippen LogP contribution in [0.4, 0.5) is 5.69 Å². The highest BCUT2D eigenvalue weighted by atomic mass is 32.2. The average Bonchev–Trinajstić information content (AvgIpc) is 3.20.